The first-order chi connectivity index (χ1) is 5.70. The fourth-order valence-corrected chi connectivity index (χ4v) is 0.473. The molecule has 0 rings (SSSR count). The Kier molecular flexibility index (Phi) is 5.43. The lowest BCUT2D eigenvalue weighted by Crippen LogP contribution is -1.91. The molecule has 12 heavy (non-hydrogen) atoms. The predicted molar refractivity (Wildman–Crippen MR) is 48.1 cm³/mol. The monoisotopic (exact) mass is 165 g/mol. The van der Waals surface area contributed by atoms with Crippen molar-refractivity contribution in [1.82, 2.24) is 0 Å². The van der Waals surface area contributed by atoms with E-state index in [1.165, 1.54) is 13.0 Å². The summed E-state index contributed by atoms with van der Waals surface area (Å²) in [5, 5.41) is 0. The van der Waals surface area contributed by atoms with Crippen molar-refractivity contribution in [2.45, 2.75) is 13.8 Å². The average molecular weight is 165 g/mol. The van der Waals surface area contributed by atoms with Crippen molar-refractivity contribution in [3.05, 3.63) is 23.9 Å². The minimum Gasteiger partial charge on any atom is -0.296 e. The number of aliphatic imine (C=N–C) groups is 1. The second-order valence-electron chi connectivity index (χ2n) is 2.10. The summed E-state index contributed by atoms with van der Waals surface area (Å²) < 4.78 is 0. The van der Waals surface area contributed by atoms with Gasteiger partial charge in [-0.25, -0.2) is 4.99 Å². The van der Waals surface area contributed by atoms with E-state index in [-0.39, 0.29) is 11.5 Å². The summed E-state index contributed by atoms with van der Waals surface area (Å²) >= 11 is 0. The van der Waals surface area contributed by atoms with Crippen LogP contribution in [0.4, 0.5) is 0 Å². The van der Waals surface area contributed by atoms with Crippen molar-refractivity contribution in [1.29, 1.82) is 0 Å². The van der Waals surface area contributed by atoms with Crippen molar-refractivity contribution < 1.29 is 9.59 Å². The molecule has 0 spiro atoms. The normalized spacial score (nSPS) is 12.7. The molecule has 64 valence electrons. The average Bonchev–Trinajstić information content (AvgIpc) is 2.05. The van der Waals surface area contributed by atoms with Crippen LogP contribution in [0, 0.1) is 0 Å². The second-order valence-corrected chi connectivity index (χ2v) is 2.10. The maximum absolute atomic E-state index is 10.4. The standard InChI is InChI=1S/C9H11NO2/c1-3-4-5-9(7-11)10-6-8(2)12/h3-7H,1-2H3/b4-3-,9-5-,10-6?. The minimum atomic E-state index is -0.178. The van der Waals surface area contributed by atoms with E-state index in [0.717, 1.165) is 6.21 Å². The van der Waals surface area contributed by atoms with Gasteiger partial charge < -0.3 is 0 Å². The Balaban J connectivity index is 4.36. The largest absolute Gasteiger partial charge is 0.296 e. The van der Waals surface area contributed by atoms with Crippen LogP contribution in [0.1, 0.15) is 13.8 Å². The van der Waals surface area contributed by atoms with Gasteiger partial charge in [-0.1, -0.05) is 12.2 Å². The van der Waals surface area contributed by atoms with Crippen LogP contribution >= 0.6 is 0 Å². The molecular weight excluding hydrogens is 154 g/mol. The zero-order valence-corrected chi connectivity index (χ0v) is 7.15. The molecule has 0 amide bonds. The van der Waals surface area contributed by atoms with E-state index in [1.54, 1.807) is 12.2 Å². The van der Waals surface area contributed by atoms with Crippen molar-refractivity contribution in [2.24, 2.45) is 4.99 Å². The maximum atomic E-state index is 10.4. The van der Waals surface area contributed by atoms with Crippen LogP contribution < -0.4 is 0 Å². The summed E-state index contributed by atoms with van der Waals surface area (Å²) in [5.41, 5.74) is 0.239. The smallest absolute Gasteiger partial charge is 0.170 e. The molecule has 0 saturated heterocycles. The zero-order chi connectivity index (χ0) is 9.40. The molecule has 0 saturated carbocycles. The Labute approximate surface area is 71.5 Å². The molecule has 0 N–H and O–H groups in total. The van der Waals surface area contributed by atoms with Gasteiger partial charge >= 0.3 is 0 Å². The summed E-state index contributed by atoms with van der Waals surface area (Å²) in [6, 6.07) is 0. The SMILES string of the molecule is C/C=C\C=C(\C=O)N=CC(C)=O. The number of ketones is 1. The van der Waals surface area contributed by atoms with Gasteiger partial charge in [0, 0.05) is 6.92 Å². The third-order valence-electron chi connectivity index (χ3n) is 0.976. The fraction of sp³-hybridized carbons (Fsp3) is 0.222. The second kappa shape index (κ2) is 6.22. The number of allylic oxidation sites excluding steroid dienone is 4. The molecule has 0 aliphatic rings. The highest BCUT2D eigenvalue weighted by molar-refractivity contribution is 6.26. The van der Waals surface area contributed by atoms with Crippen molar-refractivity contribution in [2.75, 3.05) is 0 Å². The number of hydrogen-bond donors (Lipinski definition) is 0. The van der Waals surface area contributed by atoms with Crippen LogP contribution in [-0.2, 0) is 9.59 Å². The summed E-state index contributed by atoms with van der Waals surface area (Å²) in [6.45, 7) is 3.20. The number of aldehydes is 1. The number of rotatable bonds is 4. The van der Waals surface area contributed by atoms with E-state index in [0.29, 0.717) is 6.29 Å². The van der Waals surface area contributed by atoms with E-state index in [2.05, 4.69) is 4.99 Å². The first-order valence-corrected chi connectivity index (χ1v) is 3.53. The van der Waals surface area contributed by atoms with E-state index in [4.69, 9.17) is 0 Å². The highest BCUT2D eigenvalue weighted by Crippen LogP contribution is 1.91. The van der Waals surface area contributed by atoms with Gasteiger partial charge in [-0.2, -0.15) is 0 Å². The molecule has 0 fully saturated rings. The molecule has 0 aromatic heterocycles. The van der Waals surface area contributed by atoms with Crippen LogP contribution in [0.3, 0.4) is 0 Å². The fourth-order valence-electron chi connectivity index (χ4n) is 0.473. The van der Waals surface area contributed by atoms with Gasteiger partial charge in [-0.15, -0.1) is 0 Å². The first-order valence-electron chi connectivity index (χ1n) is 3.53. The molecule has 3 heteroatoms. The van der Waals surface area contributed by atoms with Crippen LogP contribution in [0.15, 0.2) is 28.9 Å². The third-order valence-corrected chi connectivity index (χ3v) is 0.976. The third kappa shape index (κ3) is 5.29. The van der Waals surface area contributed by atoms with Crippen molar-refractivity contribution in [3.8, 4) is 0 Å². The predicted octanol–water partition coefficient (Wildman–Crippen LogP) is 1.31. The lowest BCUT2D eigenvalue weighted by atomic mass is 10.4. The molecule has 0 heterocycles. The van der Waals surface area contributed by atoms with Crippen molar-refractivity contribution >= 4 is 18.3 Å². The van der Waals surface area contributed by atoms with Gasteiger partial charge in [-0.05, 0) is 13.0 Å². The lowest BCUT2D eigenvalue weighted by molar-refractivity contribution is -0.110. The molecule has 0 unspecified atom stereocenters. The highest BCUT2D eigenvalue weighted by Gasteiger charge is 1.88. The van der Waals surface area contributed by atoms with Crippen molar-refractivity contribution in [3.63, 3.8) is 0 Å². The number of carbonyl (C=O) groups excluding carboxylic acids is 2. The van der Waals surface area contributed by atoms with E-state index in [9.17, 15) is 9.59 Å². The summed E-state index contributed by atoms with van der Waals surface area (Å²) in [5.74, 6) is -0.178. The van der Waals surface area contributed by atoms with Gasteiger partial charge in [0.05, 0.1) is 6.21 Å². The Morgan fingerprint density at radius 1 is 1.42 bits per heavy atom. The molecule has 0 aromatic carbocycles. The van der Waals surface area contributed by atoms with E-state index in [1.807, 2.05) is 6.92 Å². The van der Waals surface area contributed by atoms with Crippen LogP contribution in [0.2, 0.25) is 0 Å². The molecular formula is C9H11NO2. The lowest BCUT2D eigenvalue weighted by Gasteiger charge is -1.84. The van der Waals surface area contributed by atoms with Gasteiger partial charge in [0.25, 0.3) is 0 Å². The topological polar surface area (TPSA) is 46.5 Å². The van der Waals surface area contributed by atoms with E-state index < -0.39 is 0 Å². The van der Waals surface area contributed by atoms with Gasteiger partial charge in [0.2, 0.25) is 0 Å². The molecule has 0 aliphatic heterocycles. The molecule has 0 aliphatic carbocycles. The number of Topliss-reactive ketones (excluding diaryl/α,β-unsaturated/α-hetero) is 1. The number of carbonyl (C=O) groups is 2. The quantitative estimate of drug-likeness (QED) is 0.273. The zero-order valence-electron chi connectivity index (χ0n) is 7.15. The van der Waals surface area contributed by atoms with Gasteiger partial charge in [0.15, 0.2) is 12.1 Å². The molecule has 0 atom stereocenters. The summed E-state index contributed by atoms with van der Waals surface area (Å²) in [7, 11) is 0. The Morgan fingerprint density at radius 2 is 2.08 bits per heavy atom. The highest BCUT2D eigenvalue weighted by atomic mass is 16.1. The number of nitrogens with zero attached hydrogens (tertiary/aromatic N) is 1. The Morgan fingerprint density at radius 3 is 2.50 bits per heavy atom. The van der Waals surface area contributed by atoms with Gasteiger partial charge in [-0.3, -0.25) is 9.59 Å². The number of hydrogen-bond acceptors (Lipinski definition) is 3. The molecule has 3 nitrogen and oxygen atoms in total. The molecule has 0 aromatic rings. The summed E-state index contributed by atoms with van der Waals surface area (Å²) in [4.78, 5) is 24.4. The Bertz CT molecular complexity index is 249. The first kappa shape index (κ1) is 10.5. The van der Waals surface area contributed by atoms with E-state index >= 15 is 0 Å². The minimum absolute atomic E-state index is 0.178. The molecule has 0 radical (unpaired) electrons. The maximum Gasteiger partial charge on any atom is 0.170 e. The Hall–Kier alpha value is -1.51. The van der Waals surface area contributed by atoms with Crippen LogP contribution in [0.25, 0.3) is 0 Å². The molecule has 0 bridgehead atoms. The van der Waals surface area contributed by atoms with Gasteiger partial charge in [0.1, 0.15) is 5.70 Å². The van der Waals surface area contributed by atoms with Crippen LogP contribution in [-0.4, -0.2) is 18.3 Å². The van der Waals surface area contributed by atoms with Crippen LogP contribution in [0.5, 0.6) is 0 Å². The summed E-state index contributed by atoms with van der Waals surface area (Å²) in [6.07, 6.45) is 6.70.